The summed E-state index contributed by atoms with van der Waals surface area (Å²) in [5.74, 6) is 0. The summed E-state index contributed by atoms with van der Waals surface area (Å²) in [6.07, 6.45) is 4.52. The van der Waals surface area contributed by atoms with E-state index in [1.807, 2.05) is 0 Å². The summed E-state index contributed by atoms with van der Waals surface area (Å²) in [5, 5.41) is 12.6. The Kier molecular flexibility index (Phi) is 7.89. The zero-order chi connectivity index (χ0) is 37.7. The van der Waals surface area contributed by atoms with Gasteiger partial charge in [0, 0.05) is 16.8 Å². The second-order valence-corrected chi connectivity index (χ2v) is 14.9. The van der Waals surface area contributed by atoms with Gasteiger partial charge in [-0.2, -0.15) is 0 Å². The van der Waals surface area contributed by atoms with E-state index in [1.54, 1.807) is 0 Å². The molecule has 0 aliphatic carbocycles. The van der Waals surface area contributed by atoms with Crippen LogP contribution in [0.3, 0.4) is 0 Å². The maximum atomic E-state index is 2.42. The highest BCUT2D eigenvalue weighted by Gasteiger charge is 2.22. The van der Waals surface area contributed by atoms with Crippen molar-refractivity contribution in [2.45, 2.75) is 0 Å². The highest BCUT2D eigenvalue weighted by molar-refractivity contribution is 6.37. The molecular weight excluding hydrogens is 687 g/mol. The largest absolute Gasteiger partial charge is 0.310 e. The first kappa shape index (κ1) is 32.9. The summed E-state index contributed by atoms with van der Waals surface area (Å²) in [4.78, 5) is 2.42. The normalized spacial score (nSPS) is 11.8. The van der Waals surface area contributed by atoms with Gasteiger partial charge in [-0.05, 0) is 130 Å². The molecule has 0 amide bonds. The Morgan fingerprint density at radius 3 is 1.68 bits per heavy atom. The molecule has 0 atom stereocenters. The van der Waals surface area contributed by atoms with Crippen LogP contribution >= 0.6 is 0 Å². The first-order chi connectivity index (χ1) is 28.3. The zero-order valence-electron chi connectivity index (χ0n) is 31.3. The van der Waals surface area contributed by atoms with Gasteiger partial charge in [0.1, 0.15) is 0 Å². The van der Waals surface area contributed by atoms with Crippen molar-refractivity contribution in [3.8, 4) is 22.3 Å². The Morgan fingerprint density at radius 1 is 0.298 bits per heavy atom. The van der Waals surface area contributed by atoms with E-state index in [2.05, 4.69) is 229 Å². The lowest BCUT2D eigenvalue weighted by molar-refractivity contribution is 1.30. The van der Waals surface area contributed by atoms with Crippen molar-refractivity contribution in [3.63, 3.8) is 0 Å². The van der Waals surface area contributed by atoms with Crippen LogP contribution in [0.25, 0.3) is 88.3 Å². The van der Waals surface area contributed by atoms with Gasteiger partial charge >= 0.3 is 0 Å². The van der Waals surface area contributed by atoms with E-state index in [1.165, 1.54) is 87.2 Å². The number of hydrogen-bond acceptors (Lipinski definition) is 1. The Labute approximate surface area is 332 Å². The van der Waals surface area contributed by atoms with Crippen LogP contribution in [-0.2, 0) is 0 Å². The maximum absolute atomic E-state index is 2.42. The molecule has 0 saturated carbocycles. The van der Waals surface area contributed by atoms with Gasteiger partial charge in [-0.1, -0.05) is 176 Å². The molecule has 0 spiro atoms. The van der Waals surface area contributed by atoms with Gasteiger partial charge in [-0.15, -0.1) is 0 Å². The quantitative estimate of drug-likeness (QED) is 0.0899. The summed E-state index contributed by atoms with van der Waals surface area (Å²) in [6.45, 7) is 0. The van der Waals surface area contributed by atoms with Crippen molar-refractivity contribution in [2.75, 3.05) is 4.90 Å². The molecule has 11 aromatic carbocycles. The number of anilines is 3. The van der Waals surface area contributed by atoms with Crippen molar-refractivity contribution in [1.82, 2.24) is 0 Å². The van der Waals surface area contributed by atoms with E-state index in [4.69, 9.17) is 0 Å². The minimum atomic E-state index is 1.12. The van der Waals surface area contributed by atoms with Crippen LogP contribution in [0.5, 0.6) is 0 Å². The fourth-order valence-electron chi connectivity index (χ4n) is 8.99. The first-order valence-electron chi connectivity index (χ1n) is 19.7. The molecule has 0 aliphatic heterocycles. The van der Waals surface area contributed by atoms with Crippen molar-refractivity contribution in [1.29, 1.82) is 0 Å². The molecule has 1 heteroatoms. The van der Waals surface area contributed by atoms with Gasteiger partial charge in [0.15, 0.2) is 0 Å². The molecule has 0 unspecified atom stereocenters. The summed E-state index contributed by atoms with van der Waals surface area (Å²) in [7, 11) is 0. The van der Waals surface area contributed by atoms with Crippen molar-refractivity contribution in [3.05, 3.63) is 223 Å². The molecule has 0 N–H and O–H groups in total. The topological polar surface area (TPSA) is 3.24 Å². The Bertz CT molecular complexity index is 3230. The van der Waals surface area contributed by atoms with E-state index in [0.717, 1.165) is 17.1 Å². The van der Waals surface area contributed by atoms with Crippen molar-refractivity contribution < 1.29 is 0 Å². The molecule has 11 rings (SSSR count). The molecule has 11 aromatic rings. The van der Waals surface area contributed by atoms with Crippen LogP contribution in [0.1, 0.15) is 11.1 Å². The minimum absolute atomic E-state index is 1.12. The summed E-state index contributed by atoms with van der Waals surface area (Å²) in [6, 6.07) is 77.4. The average molecular weight is 724 g/mol. The van der Waals surface area contributed by atoms with E-state index in [0.29, 0.717) is 0 Å². The van der Waals surface area contributed by atoms with Crippen LogP contribution in [0.15, 0.2) is 212 Å². The van der Waals surface area contributed by atoms with Crippen LogP contribution in [-0.4, -0.2) is 0 Å². The van der Waals surface area contributed by atoms with Gasteiger partial charge in [0.05, 0.1) is 5.69 Å². The molecule has 0 bridgehead atoms. The second kappa shape index (κ2) is 13.7. The lowest BCUT2D eigenvalue weighted by Gasteiger charge is -2.28. The van der Waals surface area contributed by atoms with E-state index < -0.39 is 0 Å². The van der Waals surface area contributed by atoms with Crippen molar-refractivity contribution >= 4 is 83.1 Å². The molecule has 266 valence electrons. The minimum Gasteiger partial charge on any atom is -0.310 e. The highest BCUT2D eigenvalue weighted by Crippen LogP contribution is 2.49. The second-order valence-electron chi connectivity index (χ2n) is 14.9. The van der Waals surface area contributed by atoms with E-state index in [-0.39, 0.29) is 0 Å². The predicted molar refractivity (Wildman–Crippen MR) is 246 cm³/mol. The van der Waals surface area contributed by atoms with Gasteiger partial charge < -0.3 is 4.90 Å². The molecule has 0 radical (unpaired) electrons. The molecule has 0 fully saturated rings. The molecule has 0 aromatic heterocycles. The van der Waals surface area contributed by atoms with Crippen LogP contribution < -0.4 is 4.90 Å². The Balaban J connectivity index is 1.22. The Hall–Kier alpha value is -7.48. The lowest BCUT2D eigenvalue weighted by Crippen LogP contribution is -2.10. The van der Waals surface area contributed by atoms with Gasteiger partial charge in [-0.25, -0.2) is 0 Å². The van der Waals surface area contributed by atoms with Gasteiger partial charge in [0.2, 0.25) is 0 Å². The third-order valence-corrected chi connectivity index (χ3v) is 11.5. The number of hydrogen-bond donors (Lipinski definition) is 0. The molecule has 0 aliphatic rings. The summed E-state index contributed by atoms with van der Waals surface area (Å²) in [5.41, 5.74) is 10.7. The monoisotopic (exact) mass is 723 g/mol. The van der Waals surface area contributed by atoms with Gasteiger partial charge in [-0.3, -0.25) is 0 Å². The average Bonchev–Trinajstić information content (AvgIpc) is 3.28. The maximum Gasteiger partial charge on any atom is 0.0546 e. The number of benzene rings is 11. The van der Waals surface area contributed by atoms with Crippen LogP contribution in [0, 0.1) is 0 Å². The third-order valence-electron chi connectivity index (χ3n) is 11.5. The number of nitrogens with zero attached hydrogens (tertiary/aromatic N) is 1. The van der Waals surface area contributed by atoms with Crippen molar-refractivity contribution in [2.24, 2.45) is 0 Å². The summed E-state index contributed by atoms with van der Waals surface area (Å²) < 4.78 is 0. The highest BCUT2D eigenvalue weighted by atomic mass is 15.1. The van der Waals surface area contributed by atoms with Crippen LogP contribution in [0.4, 0.5) is 17.1 Å². The van der Waals surface area contributed by atoms with E-state index in [9.17, 15) is 0 Å². The zero-order valence-corrected chi connectivity index (χ0v) is 31.3. The number of fused-ring (bicyclic) bond motifs is 3. The standard InChI is InChI=1S/C56H37N/c1-4-16-41(17-5-1)46-23-12-13-24-47(46)48-32-33-50-52-37-39(28-27-38-29-30-40-15-10-11-18-42(40)35-38)36-43-31-34-53(56(54(43)52)51-26-14-25-49(48)55(50)51)57(44-19-6-2-7-20-44)45-21-8-3-9-22-45/h1-37H/b28-27+. The number of rotatable bonds is 7. The predicted octanol–water partition coefficient (Wildman–Crippen LogP) is 15.9. The number of para-hydroxylation sites is 2. The molecule has 0 saturated heterocycles. The third kappa shape index (κ3) is 5.63. The smallest absolute Gasteiger partial charge is 0.0546 e. The fourth-order valence-corrected chi connectivity index (χ4v) is 8.99. The SMILES string of the molecule is C(=C\c1cc2ccc(N(c3ccccc3)c3ccccc3)c3c4cccc5c(-c6ccccc6-c6ccccc6)ccc(c(c1)c23)c54)/c1ccc2ccccc2c1. The van der Waals surface area contributed by atoms with E-state index >= 15 is 0 Å². The fraction of sp³-hybridized carbons (Fsp3) is 0. The van der Waals surface area contributed by atoms with Gasteiger partial charge in [0.25, 0.3) is 0 Å². The molecule has 1 nitrogen and oxygen atoms in total. The lowest BCUT2D eigenvalue weighted by atomic mass is 9.84. The van der Waals surface area contributed by atoms with Crippen LogP contribution in [0.2, 0.25) is 0 Å². The Morgan fingerprint density at radius 2 is 0.912 bits per heavy atom. The molecule has 57 heavy (non-hydrogen) atoms. The molecular formula is C56H37N. The first-order valence-corrected chi connectivity index (χ1v) is 19.7. The molecule has 0 heterocycles. The summed E-state index contributed by atoms with van der Waals surface area (Å²) >= 11 is 0.